The molecule has 2 aliphatic heterocycles. The Labute approximate surface area is 155 Å². The largest absolute Gasteiger partial charge is 0.352 e. The maximum absolute atomic E-state index is 12.3. The number of hydrogen-bond acceptors (Lipinski definition) is 5. The molecule has 0 aromatic carbocycles. The van der Waals surface area contributed by atoms with Gasteiger partial charge in [0.1, 0.15) is 11.1 Å². The van der Waals surface area contributed by atoms with Gasteiger partial charge in [0.2, 0.25) is 5.91 Å². The molecule has 1 saturated carbocycles. The molecule has 0 bridgehead atoms. The minimum atomic E-state index is -3.21. The van der Waals surface area contributed by atoms with Crippen LogP contribution in [0.15, 0.2) is 12.4 Å². The van der Waals surface area contributed by atoms with E-state index < -0.39 is 15.1 Å². The molecule has 0 radical (unpaired) electrons. The zero-order chi connectivity index (χ0) is 18.4. The van der Waals surface area contributed by atoms with Gasteiger partial charge >= 0.3 is 0 Å². The highest BCUT2D eigenvalue weighted by Crippen LogP contribution is 2.49. The lowest BCUT2D eigenvalue weighted by molar-refractivity contribution is -0.123. The van der Waals surface area contributed by atoms with Gasteiger partial charge in [-0.25, -0.2) is 13.4 Å². The first-order valence-electron chi connectivity index (χ1n) is 9.57. The van der Waals surface area contributed by atoms with Gasteiger partial charge < -0.3 is 9.88 Å². The number of hydrogen-bond donors (Lipinski definition) is 1. The van der Waals surface area contributed by atoms with E-state index in [2.05, 4.69) is 19.8 Å². The van der Waals surface area contributed by atoms with Crippen LogP contribution in [0.5, 0.6) is 0 Å². The molecule has 3 fully saturated rings. The predicted molar refractivity (Wildman–Crippen MR) is 98.1 cm³/mol. The molecule has 2 saturated heterocycles. The van der Waals surface area contributed by atoms with Crippen LogP contribution in [0.2, 0.25) is 0 Å². The summed E-state index contributed by atoms with van der Waals surface area (Å²) in [6.07, 6.45) is 9.17. The van der Waals surface area contributed by atoms with Gasteiger partial charge in [0, 0.05) is 25.5 Å². The monoisotopic (exact) mass is 380 g/mol. The van der Waals surface area contributed by atoms with Gasteiger partial charge in [-0.05, 0) is 57.0 Å². The van der Waals surface area contributed by atoms with E-state index in [-0.39, 0.29) is 17.7 Å². The molecular formula is C18H28N4O3S. The fraction of sp³-hybridized carbons (Fsp3) is 0.778. The molecule has 1 aliphatic carbocycles. The van der Waals surface area contributed by atoms with Crippen molar-refractivity contribution in [3.63, 3.8) is 0 Å². The molecule has 1 spiro atoms. The summed E-state index contributed by atoms with van der Waals surface area (Å²) in [5.74, 6) is 0.984. The zero-order valence-electron chi connectivity index (χ0n) is 15.4. The number of carbonyl (C=O) groups excluding carboxylic acids is 1. The first-order chi connectivity index (χ1) is 12.4. The summed E-state index contributed by atoms with van der Waals surface area (Å²) in [6, 6.07) is 0.152. The van der Waals surface area contributed by atoms with Gasteiger partial charge in [-0.3, -0.25) is 9.69 Å². The smallest absolute Gasteiger partial charge is 0.238 e. The second kappa shape index (κ2) is 6.64. The maximum atomic E-state index is 12.3. The van der Waals surface area contributed by atoms with Crippen LogP contribution in [0.25, 0.3) is 0 Å². The average Bonchev–Trinajstić information content (AvgIpc) is 3.13. The number of carbonyl (C=O) groups is 1. The molecule has 1 aromatic rings. The summed E-state index contributed by atoms with van der Waals surface area (Å²) in [6.45, 7) is 3.01. The number of likely N-dealkylation sites (tertiary alicyclic amines) is 1. The van der Waals surface area contributed by atoms with Crippen molar-refractivity contribution in [2.24, 2.45) is 12.5 Å². The van der Waals surface area contributed by atoms with Crippen LogP contribution >= 0.6 is 0 Å². The quantitative estimate of drug-likeness (QED) is 0.837. The minimum Gasteiger partial charge on any atom is -0.352 e. The van der Waals surface area contributed by atoms with Crippen LogP contribution in [-0.2, 0) is 28.2 Å². The minimum absolute atomic E-state index is 0.152. The third-order valence-electron chi connectivity index (χ3n) is 6.53. The van der Waals surface area contributed by atoms with Crippen LogP contribution < -0.4 is 5.32 Å². The van der Waals surface area contributed by atoms with Crippen molar-refractivity contribution < 1.29 is 13.2 Å². The van der Waals surface area contributed by atoms with Crippen LogP contribution in [0.4, 0.5) is 0 Å². The Kier molecular flexibility index (Phi) is 4.59. The van der Waals surface area contributed by atoms with Gasteiger partial charge in [-0.2, -0.15) is 0 Å². The number of rotatable bonds is 4. The number of aromatic nitrogens is 2. The Morgan fingerprint density at radius 2 is 2.08 bits per heavy atom. The first kappa shape index (κ1) is 18.0. The van der Waals surface area contributed by atoms with Crippen molar-refractivity contribution >= 4 is 15.7 Å². The Bertz CT molecular complexity index is 772. The summed E-state index contributed by atoms with van der Waals surface area (Å²) in [5.41, 5.74) is 0.338. The molecule has 1 aromatic heterocycles. The number of amides is 1. The summed E-state index contributed by atoms with van der Waals surface area (Å²) in [4.78, 5) is 19.1. The Morgan fingerprint density at radius 1 is 1.35 bits per heavy atom. The third kappa shape index (κ3) is 3.41. The molecule has 1 atom stereocenters. The molecular weight excluding hydrogens is 352 g/mol. The number of imidazole rings is 1. The fourth-order valence-corrected chi connectivity index (χ4v) is 6.58. The lowest BCUT2D eigenvalue weighted by atomic mass is 9.60. The number of sulfone groups is 1. The number of nitrogens with one attached hydrogen (secondary N) is 1. The van der Waals surface area contributed by atoms with E-state index in [4.69, 9.17) is 0 Å². The normalized spacial score (nSPS) is 28.1. The van der Waals surface area contributed by atoms with Crippen LogP contribution in [-0.4, -0.2) is 58.9 Å². The van der Waals surface area contributed by atoms with Gasteiger partial charge in [0.05, 0.1) is 12.3 Å². The van der Waals surface area contributed by atoms with Crippen LogP contribution in [0.1, 0.15) is 44.3 Å². The number of piperidine rings is 1. The third-order valence-corrected chi connectivity index (χ3v) is 8.70. The molecule has 4 rings (SSSR count). The van der Waals surface area contributed by atoms with Gasteiger partial charge in [-0.1, -0.05) is 0 Å². The van der Waals surface area contributed by atoms with E-state index in [9.17, 15) is 13.2 Å². The van der Waals surface area contributed by atoms with E-state index in [1.54, 1.807) is 0 Å². The second-order valence-electron chi connectivity index (χ2n) is 8.34. The summed E-state index contributed by atoms with van der Waals surface area (Å²) >= 11 is 0. The molecule has 3 heterocycles. The molecule has 3 aliphatic rings. The van der Waals surface area contributed by atoms with E-state index >= 15 is 0 Å². The van der Waals surface area contributed by atoms with E-state index in [0.717, 1.165) is 51.1 Å². The van der Waals surface area contributed by atoms with Crippen LogP contribution in [0, 0.1) is 5.41 Å². The molecule has 1 unspecified atom stereocenters. The van der Waals surface area contributed by atoms with E-state index in [1.807, 2.05) is 19.4 Å². The molecule has 1 amide bonds. The Morgan fingerprint density at radius 3 is 2.65 bits per heavy atom. The van der Waals surface area contributed by atoms with E-state index in [1.165, 1.54) is 0 Å². The topological polar surface area (TPSA) is 84.3 Å². The van der Waals surface area contributed by atoms with Crippen molar-refractivity contribution in [3.05, 3.63) is 18.2 Å². The van der Waals surface area contributed by atoms with Crippen LogP contribution in [0.3, 0.4) is 0 Å². The van der Waals surface area contributed by atoms with Crippen molar-refractivity contribution in [2.75, 3.05) is 18.8 Å². The standard InChI is InChI=1S/C18H28N4O3S/c1-21-9-6-19-16(21)13-22-7-4-18(5-8-22)11-14(12-18)20-17(23)15-3-2-10-26(15,24)25/h6,9,14-15H,2-5,7-8,10-13H2,1H3,(H,20,23). The highest BCUT2D eigenvalue weighted by molar-refractivity contribution is 7.93. The summed E-state index contributed by atoms with van der Waals surface area (Å²) in [5, 5.41) is 2.19. The summed E-state index contributed by atoms with van der Waals surface area (Å²) in [7, 11) is -1.19. The summed E-state index contributed by atoms with van der Waals surface area (Å²) < 4.78 is 25.9. The molecule has 1 N–H and O–H groups in total. The zero-order valence-corrected chi connectivity index (χ0v) is 16.2. The van der Waals surface area contributed by atoms with Crippen molar-refractivity contribution in [2.45, 2.75) is 56.4 Å². The maximum Gasteiger partial charge on any atom is 0.238 e. The number of aryl methyl sites for hydroxylation is 1. The second-order valence-corrected chi connectivity index (χ2v) is 10.6. The lowest BCUT2D eigenvalue weighted by Crippen LogP contribution is -2.56. The predicted octanol–water partition coefficient (Wildman–Crippen LogP) is 0.858. The van der Waals surface area contributed by atoms with Gasteiger partial charge in [0.25, 0.3) is 0 Å². The molecule has 8 heteroatoms. The molecule has 144 valence electrons. The highest BCUT2D eigenvalue weighted by Gasteiger charge is 2.47. The highest BCUT2D eigenvalue weighted by atomic mass is 32.2. The fourth-order valence-electron chi connectivity index (χ4n) is 4.81. The average molecular weight is 381 g/mol. The molecule has 26 heavy (non-hydrogen) atoms. The first-order valence-corrected chi connectivity index (χ1v) is 11.3. The van der Waals surface area contributed by atoms with Crippen molar-refractivity contribution in [3.8, 4) is 0 Å². The Hall–Kier alpha value is -1.41. The van der Waals surface area contributed by atoms with Crippen molar-refractivity contribution in [1.29, 1.82) is 0 Å². The van der Waals surface area contributed by atoms with E-state index in [0.29, 0.717) is 18.3 Å². The molecule has 7 nitrogen and oxygen atoms in total. The number of nitrogens with zero attached hydrogens (tertiary/aromatic N) is 3. The Balaban J connectivity index is 1.24. The van der Waals surface area contributed by atoms with Gasteiger partial charge in [-0.15, -0.1) is 0 Å². The van der Waals surface area contributed by atoms with Gasteiger partial charge in [0.15, 0.2) is 9.84 Å². The van der Waals surface area contributed by atoms with Crippen molar-refractivity contribution in [1.82, 2.24) is 19.8 Å². The lowest BCUT2D eigenvalue weighted by Gasteiger charge is -2.52. The SMILES string of the molecule is Cn1ccnc1CN1CCC2(CC1)CC(NC(=O)C1CCCS1(=O)=O)C2.